The monoisotopic (exact) mass is 460 g/mol. The lowest BCUT2D eigenvalue weighted by atomic mass is 9.98. The molecule has 3 aromatic carbocycles. The maximum atomic E-state index is 15.1. The van der Waals surface area contributed by atoms with Crippen LogP contribution in [0.4, 0.5) is 8.78 Å². The molecule has 0 bridgehead atoms. The van der Waals surface area contributed by atoms with Crippen molar-refractivity contribution in [1.29, 1.82) is 0 Å². The Bertz CT molecular complexity index is 1210. The number of hydrogen-bond donors (Lipinski definition) is 0. The van der Waals surface area contributed by atoms with Gasteiger partial charge in [-0.05, 0) is 59.9 Å². The summed E-state index contributed by atoms with van der Waals surface area (Å²) in [4.78, 5) is 8.83. The lowest BCUT2D eigenvalue weighted by Gasteiger charge is -2.09. The van der Waals surface area contributed by atoms with Crippen LogP contribution in [0, 0.1) is 11.6 Å². The quantitative estimate of drug-likeness (QED) is 0.225. The molecule has 0 unspecified atom stereocenters. The van der Waals surface area contributed by atoms with Gasteiger partial charge in [0.1, 0.15) is 17.5 Å². The zero-order valence-electron chi connectivity index (χ0n) is 19.6. The van der Waals surface area contributed by atoms with Crippen LogP contribution in [0.1, 0.15) is 48.7 Å². The predicted octanol–water partition coefficient (Wildman–Crippen LogP) is 7.05. The Morgan fingerprint density at radius 1 is 0.765 bits per heavy atom. The number of hydrogen-bond acceptors (Lipinski definition) is 3. The van der Waals surface area contributed by atoms with Crippen LogP contribution >= 0.6 is 0 Å². The highest BCUT2D eigenvalue weighted by Gasteiger charge is 2.09. The predicted molar refractivity (Wildman–Crippen MR) is 132 cm³/mol. The standard InChI is InChI=1S/C29H30F2N2O/c1-2-3-4-17-34-26-19-32-28(33-20-26)16-9-22-8-15-27-24(18-22)12-11-23(29(27)31)10-5-21-6-13-25(30)14-7-21/h6-8,11-15,18-20H,2-5,9-10,16-17H2,1H3. The number of nitrogens with zero attached hydrogens (tertiary/aromatic N) is 2. The first-order chi connectivity index (χ1) is 16.6. The summed E-state index contributed by atoms with van der Waals surface area (Å²) in [7, 11) is 0. The average molecular weight is 461 g/mol. The van der Waals surface area contributed by atoms with Crippen molar-refractivity contribution in [3.8, 4) is 5.75 Å². The molecule has 176 valence electrons. The highest BCUT2D eigenvalue weighted by molar-refractivity contribution is 5.84. The van der Waals surface area contributed by atoms with Crippen LogP contribution < -0.4 is 4.74 Å². The van der Waals surface area contributed by atoms with Crippen molar-refractivity contribution in [2.45, 2.75) is 51.9 Å². The van der Waals surface area contributed by atoms with Crippen molar-refractivity contribution in [2.24, 2.45) is 0 Å². The number of rotatable bonds is 11. The molecule has 0 aliphatic rings. The van der Waals surface area contributed by atoms with Crippen molar-refractivity contribution >= 4 is 10.8 Å². The fraction of sp³-hybridized carbons (Fsp3) is 0.310. The number of halogens is 2. The van der Waals surface area contributed by atoms with Crippen LogP contribution in [0.15, 0.2) is 67.0 Å². The second-order valence-electron chi connectivity index (χ2n) is 8.61. The molecule has 0 saturated carbocycles. The van der Waals surface area contributed by atoms with E-state index in [9.17, 15) is 4.39 Å². The van der Waals surface area contributed by atoms with Gasteiger partial charge < -0.3 is 4.74 Å². The molecular formula is C29H30F2N2O. The molecule has 3 nitrogen and oxygen atoms in total. The van der Waals surface area contributed by atoms with E-state index in [1.165, 1.54) is 18.6 Å². The number of aryl methyl sites for hydroxylation is 4. The van der Waals surface area contributed by atoms with Crippen LogP contribution in [0.25, 0.3) is 10.8 Å². The zero-order valence-corrected chi connectivity index (χ0v) is 19.6. The number of fused-ring (bicyclic) bond motifs is 1. The van der Waals surface area contributed by atoms with E-state index in [1.54, 1.807) is 24.5 Å². The average Bonchev–Trinajstić information content (AvgIpc) is 2.87. The topological polar surface area (TPSA) is 35.0 Å². The van der Waals surface area contributed by atoms with Gasteiger partial charge in [-0.2, -0.15) is 0 Å². The maximum Gasteiger partial charge on any atom is 0.155 e. The van der Waals surface area contributed by atoms with Crippen molar-refractivity contribution in [1.82, 2.24) is 9.97 Å². The summed E-state index contributed by atoms with van der Waals surface area (Å²) >= 11 is 0. The number of ether oxygens (including phenoxy) is 1. The molecule has 34 heavy (non-hydrogen) atoms. The number of unbranched alkanes of at least 4 members (excludes halogenated alkanes) is 2. The maximum absolute atomic E-state index is 15.1. The van der Waals surface area contributed by atoms with E-state index in [2.05, 4.69) is 16.9 Å². The lowest BCUT2D eigenvalue weighted by Crippen LogP contribution is -2.01. The third-order valence-corrected chi connectivity index (χ3v) is 6.03. The first-order valence-electron chi connectivity index (χ1n) is 12.0. The van der Waals surface area contributed by atoms with Gasteiger partial charge in [-0.3, -0.25) is 0 Å². The van der Waals surface area contributed by atoms with Gasteiger partial charge in [-0.15, -0.1) is 0 Å². The fourth-order valence-corrected chi connectivity index (χ4v) is 4.01. The largest absolute Gasteiger partial charge is 0.490 e. The van der Waals surface area contributed by atoms with Crippen molar-refractivity contribution in [2.75, 3.05) is 6.61 Å². The van der Waals surface area contributed by atoms with E-state index in [1.807, 2.05) is 30.3 Å². The summed E-state index contributed by atoms with van der Waals surface area (Å²) in [6.45, 7) is 2.86. The molecule has 0 amide bonds. The van der Waals surface area contributed by atoms with Crippen LogP contribution in [0.2, 0.25) is 0 Å². The van der Waals surface area contributed by atoms with E-state index in [-0.39, 0.29) is 11.6 Å². The van der Waals surface area contributed by atoms with Crippen LogP contribution in [-0.2, 0) is 25.7 Å². The molecule has 4 rings (SSSR count). The highest BCUT2D eigenvalue weighted by atomic mass is 19.1. The van der Waals surface area contributed by atoms with Gasteiger partial charge in [0.05, 0.1) is 19.0 Å². The third-order valence-electron chi connectivity index (χ3n) is 6.03. The van der Waals surface area contributed by atoms with E-state index >= 15 is 4.39 Å². The van der Waals surface area contributed by atoms with Gasteiger partial charge in [0.2, 0.25) is 0 Å². The Kier molecular flexibility index (Phi) is 8.18. The first-order valence-corrected chi connectivity index (χ1v) is 12.0. The SMILES string of the molecule is CCCCCOc1cnc(CCc2ccc3c(F)c(CCc4ccc(F)cc4)ccc3c2)nc1. The van der Waals surface area contributed by atoms with E-state index < -0.39 is 0 Å². The molecule has 1 heterocycles. The summed E-state index contributed by atoms with van der Waals surface area (Å²) in [6, 6.07) is 16.1. The highest BCUT2D eigenvalue weighted by Crippen LogP contribution is 2.24. The molecule has 0 atom stereocenters. The van der Waals surface area contributed by atoms with Crippen LogP contribution in [-0.4, -0.2) is 16.6 Å². The zero-order chi connectivity index (χ0) is 23.8. The van der Waals surface area contributed by atoms with Crippen molar-refractivity contribution in [3.63, 3.8) is 0 Å². The van der Waals surface area contributed by atoms with E-state index in [0.29, 0.717) is 42.6 Å². The van der Waals surface area contributed by atoms with Gasteiger partial charge in [0.15, 0.2) is 5.75 Å². The second kappa shape index (κ2) is 11.7. The fourth-order valence-electron chi connectivity index (χ4n) is 4.01. The molecule has 0 saturated heterocycles. The summed E-state index contributed by atoms with van der Waals surface area (Å²) in [5.41, 5.74) is 2.79. The number of aromatic nitrogens is 2. The van der Waals surface area contributed by atoms with Crippen LogP contribution in [0.3, 0.4) is 0 Å². The summed E-state index contributed by atoms with van der Waals surface area (Å²) in [6.07, 6.45) is 9.56. The number of benzene rings is 3. The van der Waals surface area contributed by atoms with Gasteiger partial charge in [-0.1, -0.05) is 62.2 Å². The molecule has 5 heteroatoms. The summed E-state index contributed by atoms with van der Waals surface area (Å²) < 4.78 is 33.8. The third kappa shape index (κ3) is 6.37. The molecule has 4 aromatic rings. The van der Waals surface area contributed by atoms with Gasteiger partial charge in [-0.25, -0.2) is 18.7 Å². The minimum atomic E-state index is -0.258. The van der Waals surface area contributed by atoms with E-state index in [0.717, 1.165) is 41.6 Å². The van der Waals surface area contributed by atoms with Gasteiger partial charge >= 0.3 is 0 Å². The molecule has 0 spiro atoms. The van der Waals surface area contributed by atoms with Crippen LogP contribution in [0.5, 0.6) is 5.75 Å². The Labute approximate surface area is 199 Å². The first kappa shape index (κ1) is 23.8. The lowest BCUT2D eigenvalue weighted by molar-refractivity contribution is 0.303. The molecule has 0 aliphatic carbocycles. The minimum Gasteiger partial charge on any atom is -0.490 e. The molecule has 0 aliphatic heterocycles. The molecule has 0 radical (unpaired) electrons. The van der Waals surface area contributed by atoms with Crippen molar-refractivity contribution < 1.29 is 13.5 Å². The molecule has 0 fully saturated rings. The van der Waals surface area contributed by atoms with Gasteiger partial charge in [0, 0.05) is 11.8 Å². The summed E-state index contributed by atoms with van der Waals surface area (Å²) in [5, 5.41) is 1.51. The normalized spacial score (nSPS) is 11.1. The van der Waals surface area contributed by atoms with Gasteiger partial charge in [0.25, 0.3) is 0 Å². The Hall–Kier alpha value is -3.34. The van der Waals surface area contributed by atoms with E-state index in [4.69, 9.17) is 4.74 Å². The molecule has 0 N–H and O–H groups in total. The minimum absolute atomic E-state index is 0.177. The smallest absolute Gasteiger partial charge is 0.155 e. The molecular weight excluding hydrogens is 430 g/mol. The Morgan fingerprint density at radius 3 is 2.26 bits per heavy atom. The Morgan fingerprint density at radius 2 is 1.50 bits per heavy atom. The van der Waals surface area contributed by atoms with Crippen molar-refractivity contribution in [3.05, 3.63) is 101 Å². The Balaban J connectivity index is 1.35. The second-order valence-corrected chi connectivity index (χ2v) is 8.61. The summed E-state index contributed by atoms with van der Waals surface area (Å²) in [5.74, 6) is 1.04. The molecule has 1 aromatic heterocycles.